The Labute approximate surface area is 619 Å². The molecule has 0 fully saturated rings. The average Bonchev–Trinajstić information content (AvgIpc) is 0.931. The third-order valence-corrected chi connectivity index (χ3v) is 21.7. The average molecular weight is 1480 g/mol. The fourth-order valence-corrected chi connectivity index (χ4v) is 14.1. The summed E-state index contributed by atoms with van der Waals surface area (Å²) >= 11 is 0. The molecule has 7 atom stereocenters. The number of carbonyl (C=O) groups excluding carboxylic acids is 4. The van der Waals surface area contributed by atoms with Crippen molar-refractivity contribution >= 4 is 39.5 Å². The Bertz CT molecular complexity index is 1980. The molecule has 0 saturated heterocycles. The quantitative estimate of drug-likeness (QED) is 0.0222. The number of hydrogen-bond acceptors (Lipinski definition) is 15. The van der Waals surface area contributed by atoms with Crippen molar-refractivity contribution in [3.8, 4) is 0 Å². The molecule has 0 aliphatic heterocycles. The van der Waals surface area contributed by atoms with E-state index >= 15 is 0 Å². The Morgan fingerprint density at radius 3 is 0.703 bits per heavy atom. The number of aliphatic hydroxyl groups excluding tert-OH is 1. The summed E-state index contributed by atoms with van der Waals surface area (Å²) in [6, 6.07) is 0. The summed E-state index contributed by atoms with van der Waals surface area (Å²) < 4.78 is 68.7. The van der Waals surface area contributed by atoms with E-state index in [-0.39, 0.29) is 25.7 Å². The van der Waals surface area contributed by atoms with E-state index in [4.69, 9.17) is 37.0 Å². The van der Waals surface area contributed by atoms with Gasteiger partial charge in [0.1, 0.15) is 19.3 Å². The molecule has 0 aromatic heterocycles. The zero-order chi connectivity index (χ0) is 74.6. The van der Waals surface area contributed by atoms with Gasteiger partial charge in [-0.1, -0.05) is 370 Å². The summed E-state index contributed by atoms with van der Waals surface area (Å²) in [5, 5.41) is 10.6. The summed E-state index contributed by atoms with van der Waals surface area (Å²) in [6.07, 6.45) is 58.3. The molecule has 0 saturated carbocycles. The highest BCUT2D eigenvalue weighted by Gasteiger charge is 2.30. The number of unbranched alkanes of at least 4 members (excludes halogenated alkanes) is 43. The minimum Gasteiger partial charge on any atom is -0.462 e. The highest BCUT2D eigenvalue weighted by atomic mass is 31.2. The van der Waals surface area contributed by atoms with E-state index in [1.54, 1.807) is 0 Å². The molecule has 4 unspecified atom stereocenters. The van der Waals surface area contributed by atoms with Crippen molar-refractivity contribution in [2.45, 2.75) is 440 Å². The van der Waals surface area contributed by atoms with Crippen LogP contribution in [-0.4, -0.2) is 96.7 Å². The molecule has 17 nitrogen and oxygen atoms in total. The van der Waals surface area contributed by atoms with Crippen LogP contribution in [0.3, 0.4) is 0 Å². The first-order chi connectivity index (χ1) is 48.7. The van der Waals surface area contributed by atoms with Crippen molar-refractivity contribution in [2.24, 2.45) is 23.7 Å². The molecule has 19 heteroatoms. The van der Waals surface area contributed by atoms with Crippen molar-refractivity contribution in [3.63, 3.8) is 0 Å². The zero-order valence-electron chi connectivity index (χ0n) is 66.5. The van der Waals surface area contributed by atoms with Crippen LogP contribution in [-0.2, 0) is 65.4 Å². The number of esters is 4. The van der Waals surface area contributed by atoms with Crippen LogP contribution in [0.2, 0.25) is 0 Å². The Morgan fingerprint density at radius 1 is 0.277 bits per heavy atom. The van der Waals surface area contributed by atoms with E-state index in [0.717, 1.165) is 120 Å². The van der Waals surface area contributed by atoms with Crippen LogP contribution in [0.5, 0.6) is 0 Å². The second kappa shape index (κ2) is 71.0. The zero-order valence-corrected chi connectivity index (χ0v) is 68.3. The number of aliphatic hydroxyl groups is 1. The fourth-order valence-electron chi connectivity index (χ4n) is 12.5. The van der Waals surface area contributed by atoms with Crippen molar-refractivity contribution in [3.05, 3.63) is 0 Å². The summed E-state index contributed by atoms with van der Waals surface area (Å²) in [4.78, 5) is 73.0. The van der Waals surface area contributed by atoms with Crippen LogP contribution in [0.1, 0.15) is 421 Å². The second-order valence-corrected chi connectivity index (χ2v) is 33.9. The maximum absolute atomic E-state index is 13.1. The molecule has 3 N–H and O–H groups in total. The topological polar surface area (TPSA) is 237 Å². The SMILES string of the molecule is CCC(C)CCCCCCCCCCCCCCCCCCCCC(=O)O[C@H](COC(=O)CCCCCCCCCCCCCC(C)C)COP(=O)(O)OC[C@@H](O)COP(=O)(O)OC[C@@H](COC(=O)CCCCCCCCC(C)CC)OC(=O)CCCCCCCCCCCCCCC(C)C. The van der Waals surface area contributed by atoms with E-state index in [0.29, 0.717) is 25.7 Å². The molecule has 0 aromatic carbocycles. The summed E-state index contributed by atoms with van der Waals surface area (Å²) in [5.74, 6) is 1.04. The molecule has 0 aromatic rings. The number of carbonyl (C=O) groups is 4. The third kappa shape index (κ3) is 73.4. The Hall–Kier alpha value is -1.94. The van der Waals surface area contributed by atoms with Crippen LogP contribution in [0, 0.1) is 23.7 Å². The molecule has 0 spiro atoms. The van der Waals surface area contributed by atoms with Gasteiger partial charge < -0.3 is 33.8 Å². The maximum Gasteiger partial charge on any atom is 0.472 e. The van der Waals surface area contributed by atoms with E-state index in [1.807, 2.05) is 0 Å². The van der Waals surface area contributed by atoms with Gasteiger partial charge in [0.2, 0.25) is 0 Å². The molecule has 0 aliphatic rings. The number of phosphoric acid groups is 2. The van der Waals surface area contributed by atoms with Crippen molar-refractivity contribution < 1.29 is 80.2 Å². The summed E-state index contributed by atoms with van der Waals surface area (Å²) in [7, 11) is -9.92. The van der Waals surface area contributed by atoms with Crippen LogP contribution in [0.15, 0.2) is 0 Å². The van der Waals surface area contributed by atoms with Gasteiger partial charge in [0.05, 0.1) is 26.4 Å². The van der Waals surface area contributed by atoms with Gasteiger partial charge in [0.15, 0.2) is 12.2 Å². The lowest BCUT2D eigenvalue weighted by molar-refractivity contribution is -0.161. The van der Waals surface area contributed by atoms with Crippen LogP contribution in [0.4, 0.5) is 0 Å². The molecule has 0 amide bonds. The lowest BCUT2D eigenvalue weighted by Gasteiger charge is -2.21. The first kappa shape index (κ1) is 99.1. The van der Waals surface area contributed by atoms with Crippen LogP contribution in [0.25, 0.3) is 0 Å². The lowest BCUT2D eigenvalue weighted by Crippen LogP contribution is -2.30. The standard InChI is InChI=1S/C82H160O17P2/c1-9-74(7)60-52-44-36-30-24-17-15-13-11-12-14-16-18-25-32-38-48-56-64-81(86)98-77(68-92-79(84)62-54-46-37-31-27-21-23-29-35-43-51-59-73(5)6)70-96-100(88,89)94-66-76(83)67-95-101(90,91)97-71-78(69-93-80(85)63-55-47-41-40-45-53-61-75(8)10-2)99-82(87)65-57-49-39-33-26-20-19-22-28-34-42-50-58-72(3)4/h72-78,83H,9-71H2,1-8H3,(H,88,89)(H,90,91)/t74?,75?,76-,77-,78-/m1/s1. The fraction of sp³-hybridized carbons (Fsp3) is 0.951. The molecule has 0 aliphatic carbocycles. The van der Waals surface area contributed by atoms with Gasteiger partial charge >= 0.3 is 39.5 Å². The van der Waals surface area contributed by atoms with Crippen molar-refractivity contribution in [1.82, 2.24) is 0 Å². The van der Waals surface area contributed by atoms with Gasteiger partial charge in [-0.05, 0) is 49.4 Å². The Kier molecular flexibility index (Phi) is 69.6. The molecule has 0 rings (SSSR count). The number of ether oxygens (including phenoxy) is 4. The maximum atomic E-state index is 13.1. The minimum absolute atomic E-state index is 0.106. The third-order valence-electron chi connectivity index (χ3n) is 19.8. The Morgan fingerprint density at radius 2 is 0.475 bits per heavy atom. The molecule has 600 valence electrons. The first-order valence-electron chi connectivity index (χ1n) is 42.3. The van der Waals surface area contributed by atoms with E-state index in [1.165, 1.54) is 218 Å². The molecular weight excluding hydrogens is 1320 g/mol. The van der Waals surface area contributed by atoms with Gasteiger partial charge in [-0.2, -0.15) is 0 Å². The second-order valence-electron chi connectivity index (χ2n) is 31.0. The monoisotopic (exact) mass is 1480 g/mol. The predicted molar refractivity (Wildman–Crippen MR) is 414 cm³/mol. The minimum atomic E-state index is -4.96. The summed E-state index contributed by atoms with van der Waals surface area (Å²) in [6.45, 7) is 14.3. The number of hydrogen-bond donors (Lipinski definition) is 3. The van der Waals surface area contributed by atoms with Gasteiger partial charge in [-0.25, -0.2) is 9.13 Å². The van der Waals surface area contributed by atoms with Gasteiger partial charge in [-0.15, -0.1) is 0 Å². The highest BCUT2D eigenvalue weighted by molar-refractivity contribution is 7.47. The highest BCUT2D eigenvalue weighted by Crippen LogP contribution is 2.45. The molecule has 0 bridgehead atoms. The molecule has 101 heavy (non-hydrogen) atoms. The lowest BCUT2D eigenvalue weighted by atomic mass is 9.99. The first-order valence-corrected chi connectivity index (χ1v) is 45.3. The van der Waals surface area contributed by atoms with Gasteiger partial charge in [0, 0.05) is 25.7 Å². The molecular formula is C82H160O17P2. The molecule has 0 heterocycles. The number of rotatable bonds is 79. The normalized spacial score (nSPS) is 14.5. The van der Waals surface area contributed by atoms with Crippen LogP contribution < -0.4 is 0 Å². The predicted octanol–water partition coefficient (Wildman–Crippen LogP) is 24.4. The van der Waals surface area contributed by atoms with Gasteiger partial charge in [-0.3, -0.25) is 37.3 Å². The van der Waals surface area contributed by atoms with Gasteiger partial charge in [0.25, 0.3) is 0 Å². The van der Waals surface area contributed by atoms with Crippen molar-refractivity contribution in [2.75, 3.05) is 39.6 Å². The largest absolute Gasteiger partial charge is 0.472 e. The van der Waals surface area contributed by atoms with Crippen LogP contribution >= 0.6 is 15.6 Å². The van der Waals surface area contributed by atoms with E-state index < -0.39 is 97.5 Å². The number of phosphoric ester groups is 2. The smallest absolute Gasteiger partial charge is 0.462 e. The Balaban J connectivity index is 5.22. The van der Waals surface area contributed by atoms with Crippen molar-refractivity contribution in [1.29, 1.82) is 0 Å². The molecule has 0 radical (unpaired) electrons. The summed E-state index contributed by atoms with van der Waals surface area (Å²) in [5.41, 5.74) is 0. The van der Waals surface area contributed by atoms with E-state index in [2.05, 4.69) is 55.4 Å². The van der Waals surface area contributed by atoms with E-state index in [9.17, 15) is 43.2 Å².